The van der Waals surface area contributed by atoms with Gasteiger partial charge in [-0.1, -0.05) is 23.9 Å². The van der Waals surface area contributed by atoms with Gasteiger partial charge in [-0.25, -0.2) is 0 Å². The van der Waals surface area contributed by atoms with E-state index < -0.39 is 0 Å². The Morgan fingerprint density at radius 3 is 2.73 bits per heavy atom. The Morgan fingerprint density at radius 2 is 2.18 bits per heavy atom. The second-order valence-electron chi connectivity index (χ2n) is 2.97. The lowest BCUT2D eigenvalue weighted by Gasteiger charge is -2.20. The van der Waals surface area contributed by atoms with E-state index in [4.69, 9.17) is 0 Å². The van der Waals surface area contributed by atoms with Crippen LogP contribution in [0.4, 0.5) is 0 Å². The maximum absolute atomic E-state index is 10.9. The first-order valence-electron chi connectivity index (χ1n) is 3.91. The molecule has 2 aliphatic rings. The van der Waals surface area contributed by atoms with Crippen molar-refractivity contribution >= 4 is 16.9 Å². The molecule has 0 aliphatic carbocycles. The van der Waals surface area contributed by atoms with Gasteiger partial charge in [0, 0.05) is 31.3 Å². The molecular weight excluding hydrogens is 158 g/mol. The number of thioether (sulfide) groups is 1. The van der Waals surface area contributed by atoms with E-state index in [0.29, 0.717) is 11.2 Å². The first-order chi connectivity index (χ1) is 5.36. The fraction of sp³-hybridized carbons (Fsp3) is 0.625. The highest BCUT2D eigenvalue weighted by molar-refractivity contribution is 8.14. The minimum Gasteiger partial charge on any atom is -0.292 e. The summed E-state index contributed by atoms with van der Waals surface area (Å²) in [6.07, 6.45) is 5.10. The predicted molar refractivity (Wildman–Crippen MR) is 46.6 cm³/mol. The summed E-state index contributed by atoms with van der Waals surface area (Å²) in [5, 5.41) is 0.363. The highest BCUT2D eigenvalue weighted by Gasteiger charge is 2.28. The topological polar surface area (TPSA) is 20.3 Å². The van der Waals surface area contributed by atoms with Gasteiger partial charge in [0.15, 0.2) is 5.12 Å². The predicted octanol–water partition coefficient (Wildman–Crippen LogP) is 0.890. The summed E-state index contributed by atoms with van der Waals surface area (Å²) in [5.41, 5.74) is 0. The molecule has 2 heterocycles. The third kappa shape index (κ3) is 1.49. The fourth-order valence-electron chi connectivity index (χ4n) is 1.53. The zero-order chi connectivity index (χ0) is 7.68. The van der Waals surface area contributed by atoms with E-state index in [2.05, 4.69) is 17.1 Å². The third-order valence-electron chi connectivity index (χ3n) is 2.20. The van der Waals surface area contributed by atoms with Crippen molar-refractivity contribution in [3.05, 3.63) is 12.2 Å². The zero-order valence-electron chi connectivity index (χ0n) is 6.32. The summed E-state index contributed by atoms with van der Waals surface area (Å²) in [7, 11) is 0. The van der Waals surface area contributed by atoms with E-state index in [1.54, 1.807) is 0 Å². The summed E-state index contributed by atoms with van der Waals surface area (Å²) in [5.74, 6) is 1.00. The van der Waals surface area contributed by atoms with Crippen molar-refractivity contribution < 1.29 is 4.79 Å². The summed E-state index contributed by atoms with van der Waals surface area (Å²) in [6, 6.07) is 0.516. The van der Waals surface area contributed by atoms with Crippen LogP contribution in [0.3, 0.4) is 0 Å². The molecule has 1 saturated heterocycles. The quantitative estimate of drug-likeness (QED) is 0.544. The molecule has 11 heavy (non-hydrogen) atoms. The number of carbonyl (C=O) groups excluding carboxylic acids is 1. The van der Waals surface area contributed by atoms with Crippen molar-refractivity contribution in [2.24, 2.45) is 0 Å². The molecule has 2 rings (SSSR count). The molecule has 2 nitrogen and oxygen atoms in total. The van der Waals surface area contributed by atoms with Crippen LogP contribution in [0.1, 0.15) is 6.42 Å². The monoisotopic (exact) mass is 169 g/mol. The van der Waals surface area contributed by atoms with E-state index >= 15 is 0 Å². The van der Waals surface area contributed by atoms with Crippen LogP contribution in [-0.4, -0.2) is 34.9 Å². The maximum atomic E-state index is 10.9. The SMILES string of the molecule is O=C1CC(N2CC=CC2)CS1. The van der Waals surface area contributed by atoms with Crippen LogP contribution in [0.15, 0.2) is 12.2 Å². The summed E-state index contributed by atoms with van der Waals surface area (Å²) >= 11 is 1.48. The molecule has 0 radical (unpaired) electrons. The van der Waals surface area contributed by atoms with Gasteiger partial charge in [0.25, 0.3) is 0 Å². The van der Waals surface area contributed by atoms with E-state index in [9.17, 15) is 4.79 Å². The van der Waals surface area contributed by atoms with E-state index in [-0.39, 0.29) is 0 Å². The van der Waals surface area contributed by atoms with Crippen LogP contribution in [0.5, 0.6) is 0 Å². The molecule has 1 unspecified atom stereocenters. The summed E-state index contributed by atoms with van der Waals surface area (Å²) in [4.78, 5) is 13.3. The number of nitrogens with zero attached hydrogens (tertiary/aromatic N) is 1. The molecule has 0 N–H and O–H groups in total. The molecule has 0 amide bonds. The van der Waals surface area contributed by atoms with Gasteiger partial charge >= 0.3 is 0 Å². The second kappa shape index (κ2) is 2.99. The van der Waals surface area contributed by atoms with Gasteiger partial charge in [-0.05, 0) is 0 Å². The average molecular weight is 169 g/mol. The first kappa shape index (κ1) is 7.37. The van der Waals surface area contributed by atoms with Gasteiger partial charge in [0.1, 0.15) is 0 Å². The number of hydrogen-bond donors (Lipinski definition) is 0. The first-order valence-corrected chi connectivity index (χ1v) is 4.89. The highest BCUT2D eigenvalue weighted by Crippen LogP contribution is 2.24. The zero-order valence-corrected chi connectivity index (χ0v) is 7.14. The molecule has 0 spiro atoms. The van der Waals surface area contributed by atoms with Crippen LogP contribution in [0.2, 0.25) is 0 Å². The molecule has 1 fully saturated rings. The number of hydrogen-bond acceptors (Lipinski definition) is 3. The number of rotatable bonds is 1. The molecule has 2 aliphatic heterocycles. The lowest BCUT2D eigenvalue weighted by molar-refractivity contribution is -0.111. The van der Waals surface area contributed by atoms with Crippen molar-refractivity contribution in [1.29, 1.82) is 0 Å². The molecule has 1 atom stereocenters. The van der Waals surface area contributed by atoms with Crippen molar-refractivity contribution in [2.45, 2.75) is 12.5 Å². The molecule has 0 saturated carbocycles. The summed E-state index contributed by atoms with van der Waals surface area (Å²) in [6.45, 7) is 2.08. The molecule has 60 valence electrons. The Bertz CT molecular complexity index is 194. The van der Waals surface area contributed by atoms with Gasteiger partial charge in [-0.2, -0.15) is 0 Å². The van der Waals surface area contributed by atoms with Crippen LogP contribution in [0, 0.1) is 0 Å². The van der Waals surface area contributed by atoms with Gasteiger partial charge in [0.05, 0.1) is 0 Å². The van der Waals surface area contributed by atoms with Gasteiger partial charge < -0.3 is 0 Å². The van der Waals surface area contributed by atoms with E-state index in [0.717, 1.165) is 25.3 Å². The van der Waals surface area contributed by atoms with Crippen molar-refractivity contribution in [2.75, 3.05) is 18.8 Å². The second-order valence-corrected chi connectivity index (χ2v) is 4.04. The fourth-order valence-corrected chi connectivity index (χ4v) is 2.54. The van der Waals surface area contributed by atoms with Crippen LogP contribution < -0.4 is 0 Å². The Kier molecular flexibility index (Phi) is 2.00. The average Bonchev–Trinajstić information content (AvgIpc) is 2.55. The Hall–Kier alpha value is -0.280. The minimum atomic E-state index is 0.363. The van der Waals surface area contributed by atoms with Crippen LogP contribution in [-0.2, 0) is 4.79 Å². The normalized spacial score (nSPS) is 32.0. The van der Waals surface area contributed by atoms with Crippen molar-refractivity contribution in [3.8, 4) is 0 Å². The Balaban J connectivity index is 1.91. The standard InChI is InChI=1S/C8H11NOS/c10-8-5-7(6-11-8)9-3-1-2-4-9/h1-2,7H,3-6H2. The largest absolute Gasteiger partial charge is 0.292 e. The molecule has 0 aromatic carbocycles. The van der Waals surface area contributed by atoms with E-state index in [1.165, 1.54) is 11.8 Å². The van der Waals surface area contributed by atoms with Gasteiger partial charge in [-0.3, -0.25) is 9.69 Å². The van der Waals surface area contributed by atoms with Crippen LogP contribution >= 0.6 is 11.8 Å². The molecule has 0 bridgehead atoms. The summed E-state index contributed by atoms with van der Waals surface area (Å²) < 4.78 is 0. The molecular formula is C8H11NOS. The van der Waals surface area contributed by atoms with Crippen molar-refractivity contribution in [1.82, 2.24) is 4.90 Å². The minimum absolute atomic E-state index is 0.363. The maximum Gasteiger partial charge on any atom is 0.190 e. The third-order valence-corrected chi connectivity index (χ3v) is 3.24. The Morgan fingerprint density at radius 1 is 1.45 bits per heavy atom. The molecule has 0 aromatic rings. The highest BCUT2D eigenvalue weighted by atomic mass is 32.2. The smallest absolute Gasteiger partial charge is 0.190 e. The van der Waals surface area contributed by atoms with Crippen molar-refractivity contribution in [3.63, 3.8) is 0 Å². The molecule has 3 heteroatoms. The van der Waals surface area contributed by atoms with E-state index in [1.807, 2.05) is 0 Å². The van der Waals surface area contributed by atoms with Gasteiger partial charge in [0.2, 0.25) is 0 Å². The Labute approximate surface area is 70.6 Å². The lowest BCUT2D eigenvalue weighted by atomic mass is 10.2. The van der Waals surface area contributed by atoms with Gasteiger partial charge in [-0.15, -0.1) is 0 Å². The lowest BCUT2D eigenvalue weighted by Crippen LogP contribution is -2.32. The van der Waals surface area contributed by atoms with Crippen LogP contribution in [0.25, 0.3) is 0 Å². The molecule has 0 aromatic heterocycles. The number of carbonyl (C=O) groups is 1.